The third kappa shape index (κ3) is 2.20. The topological polar surface area (TPSA) is 17.1 Å². The summed E-state index contributed by atoms with van der Waals surface area (Å²) < 4.78 is 0. The van der Waals surface area contributed by atoms with Gasteiger partial charge < -0.3 is 0 Å². The predicted octanol–water partition coefficient (Wildman–Crippen LogP) is 4.82. The number of hydrogen-bond donors (Lipinski definition) is 0. The quantitative estimate of drug-likeness (QED) is 0.688. The van der Waals surface area contributed by atoms with E-state index >= 15 is 0 Å². The molecule has 1 nitrogen and oxygen atoms in total. The van der Waals surface area contributed by atoms with Crippen LogP contribution in [0.5, 0.6) is 0 Å². The molecule has 0 fully saturated rings. The zero-order valence-electron chi connectivity index (χ0n) is 9.99. The van der Waals surface area contributed by atoms with Crippen LogP contribution in [0.25, 0.3) is 6.08 Å². The summed E-state index contributed by atoms with van der Waals surface area (Å²) in [6.07, 6.45) is 2.43. The number of carbonyl (C=O) groups is 1. The lowest BCUT2D eigenvalue weighted by Crippen LogP contribution is -1.95. The van der Waals surface area contributed by atoms with Crippen molar-refractivity contribution in [1.82, 2.24) is 0 Å². The fourth-order valence-corrected chi connectivity index (χ4v) is 2.80. The third-order valence-electron chi connectivity index (χ3n) is 3.25. The molecule has 3 rings (SSSR count). The number of halogens is 2. The molecule has 0 saturated carbocycles. The summed E-state index contributed by atoms with van der Waals surface area (Å²) in [6.45, 7) is 0. The van der Waals surface area contributed by atoms with Gasteiger partial charge in [-0.15, -0.1) is 0 Å². The van der Waals surface area contributed by atoms with E-state index in [1.807, 2.05) is 24.3 Å². The van der Waals surface area contributed by atoms with E-state index in [4.69, 9.17) is 23.2 Å². The van der Waals surface area contributed by atoms with Gasteiger partial charge in [-0.05, 0) is 23.8 Å². The van der Waals surface area contributed by atoms with Crippen LogP contribution in [-0.2, 0) is 6.42 Å². The van der Waals surface area contributed by atoms with E-state index in [1.54, 1.807) is 24.3 Å². The van der Waals surface area contributed by atoms with E-state index in [2.05, 4.69) is 0 Å². The molecule has 2 aromatic rings. The van der Waals surface area contributed by atoms with Crippen molar-refractivity contribution in [1.29, 1.82) is 0 Å². The van der Waals surface area contributed by atoms with Crippen LogP contribution in [0, 0.1) is 0 Å². The number of benzene rings is 2. The van der Waals surface area contributed by atoms with Crippen molar-refractivity contribution in [3.05, 3.63) is 74.8 Å². The van der Waals surface area contributed by atoms with Crippen molar-refractivity contribution in [3.8, 4) is 0 Å². The Labute approximate surface area is 121 Å². The third-order valence-corrected chi connectivity index (χ3v) is 3.91. The lowest BCUT2D eigenvalue weighted by molar-refractivity contribution is 0.104. The molecule has 0 aromatic heterocycles. The molecule has 0 saturated heterocycles. The van der Waals surface area contributed by atoms with Crippen molar-refractivity contribution < 1.29 is 4.79 Å². The molecule has 94 valence electrons. The maximum atomic E-state index is 12.3. The van der Waals surface area contributed by atoms with E-state index in [-0.39, 0.29) is 5.78 Å². The smallest absolute Gasteiger partial charge is 0.189 e. The molecule has 1 aliphatic carbocycles. The molecule has 2 aromatic carbocycles. The SMILES string of the molecule is O=C1/C(=C/c2c(Cl)cccc2Cl)Cc2ccccc21. The molecule has 0 atom stereocenters. The zero-order valence-corrected chi connectivity index (χ0v) is 11.5. The van der Waals surface area contributed by atoms with Gasteiger partial charge in [-0.3, -0.25) is 4.79 Å². The fraction of sp³-hybridized carbons (Fsp3) is 0.0625. The van der Waals surface area contributed by atoms with Gasteiger partial charge in [0, 0.05) is 33.2 Å². The molecule has 0 N–H and O–H groups in total. The van der Waals surface area contributed by atoms with Crippen molar-refractivity contribution in [2.45, 2.75) is 6.42 Å². The Hall–Kier alpha value is -1.57. The monoisotopic (exact) mass is 288 g/mol. The second-order valence-electron chi connectivity index (χ2n) is 4.47. The average molecular weight is 289 g/mol. The summed E-state index contributed by atoms with van der Waals surface area (Å²) in [5.41, 5.74) is 3.28. The summed E-state index contributed by atoms with van der Waals surface area (Å²) in [5, 5.41) is 1.12. The van der Waals surface area contributed by atoms with Crippen molar-refractivity contribution in [2.75, 3.05) is 0 Å². The maximum Gasteiger partial charge on any atom is 0.189 e. The van der Waals surface area contributed by atoms with Crippen LogP contribution in [0.15, 0.2) is 48.0 Å². The van der Waals surface area contributed by atoms with Crippen LogP contribution in [0.1, 0.15) is 21.5 Å². The Morgan fingerprint density at radius 2 is 1.63 bits per heavy atom. The van der Waals surface area contributed by atoms with E-state index in [9.17, 15) is 4.79 Å². The zero-order chi connectivity index (χ0) is 13.4. The van der Waals surface area contributed by atoms with Crippen LogP contribution in [0.2, 0.25) is 10.0 Å². The van der Waals surface area contributed by atoms with Crippen LogP contribution in [0.4, 0.5) is 0 Å². The Balaban J connectivity index is 2.06. The Kier molecular flexibility index (Phi) is 3.17. The largest absolute Gasteiger partial charge is 0.289 e. The molecule has 0 radical (unpaired) electrons. The molecule has 0 aliphatic heterocycles. The number of allylic oxidation sites excluding steroid dienone is 1. The van der Waals surface area contributed by atoms with Gasteiger partial charge in [0.25, 0.3) is 0 Å². The first kappa shape index (κ1) is 12.5. The summed E-state index contributed by atoms with van der Waals surface area (Å²) in [6, 6.07) is 13.0. The van der Waals surface area contributed by atoms with Crippen LogP contribution >= 0.6 is 23.2 Å². The van der Waals surface area contributed by atoms with Gasteiger partial charge in [-0.2, -0.15) is 0 Å². The van der Waals surface area contributed by atoms with Crippen LogP contribution in [0.3, 0.4) is 0 Å². The molecule has 0 bridgehead atoms. The first-order valence-corrected chi connectivity index (χ1v) is 6.69. The van der Waals surface area contributed by atoms with Gasteiger partial charge >= 0.3 is 0 Å². The second kappa shape index (κ2) is 4.84. The highest BCUT2D eigenvalue weighted by Gasteiger charge is 2.24. The van der Waals surface area contributed by atoms with Crippen LogP contribution in [-0.4, -0.2) is 5.78 Å². The predicted molar refractivity (Wildman–Crippen MR) is 78.9 cm³/mol. The lowest BCUT2D eigenvalue weighted by Gasteiger charge is -2.02. The standard InChI is InChI=1S/C16H10Cl2O/c17-14-6-3-7-15(18)13(14)9-11-8-10-4-1-2-5-12(10)16(11)19/h1-7,9H,8H2/b11-9+. The van der Waals surface area contributed by atoms with Gasteiger partial charge in [0.15, 0.2) is 5.78 Å². The number of fused-ring (bicyclic) bond motifs is 1. The number of rotatable bonds is 1. The maximum absolute atomic E-state index is 12.3. The number of hydrogen-bond acceptors (Lipinski definition) is 1. The Morgan fingerprint density at radius 3 is 2.32 bits per heavy atom. The highest BCUT2D eigenvalue weighted by atomic mass is 35.5. The molecule has 1 aliphatic rings. The van der Waals surface area contributed by atoms with Crippen molar-refractivity contribution in [3.63, 3.8) is 0 Å². The second-order valence-corrected chi connectivity index (χ2v) is 5.28. The Morgan fingerprint density at radius 1 is 0.947 bits per heavy atom. The first-order chi connectivity index (χ1) is 9.16. The normalized spacial score (nSPS) is 15.9. The highest BCUT2D eigenvalue weighted by Crippen LogP contribution is 2.31. The van der Waals surface area contributed by atoms with Gasteiger partial charge in [0.1, 0.15) is 0 Å². The summed E-state index contributed by atoms with van der Waals surface area (Å²) in [7, 11) is 0. The number of Topliss-reactive ketones (excluding diaryl/α,β-unsaturated/α-hetero) is 1. The molecule has 19 heavy (non-hydrogen) atoms. The highest BCUT2D eigenvalue weighted by molar-refractivity contribution is 6.37. The number of ketones is 1. The molecular weight excluding hydrogens is 279 g/mol. The van der Waals surface area contributed by atoms with E-state index < -0.39 is 0 Å². The number of carbonyl (C=O) groups excluding carboxylic acids is 1. The minimum absolute atomic E-state index is 0.0617. The van der Waals surface area contributed by atoms with Gasteiger partial charge in [0.05, 0.1) is 0 Å². The summed E-state index contributed by atoms with van der Waals surface area (Å²) in [4.78, 5) is 12.3. The average Bonchev–Trinajstić information content (AvgIpc) is 2.72. The molecule has 0 amide bonds. The van der Waals surface area contributed by atoms with Crippen molar-refractivity contribution >= 4 is 35.1 Å². The molecule has 0 heterocycles. The molecular formula is C16H10Cl2O. The molecule has 0 unspecified atom stereocenters. The lowest BCUT2D eigenvalue weighted by atomic mass is 10.1. The summed E-state index contributed by atoms with van der Waals surface area (Å²) >= 11 is 12.3. The molecule has 3 heteroatoms. The molecule has 0 spiro atoms. The van der Waals surface area contributed by atoms with Gasteiger partial charge in [-0.1, -0.05) is 53.5 Å². The van der Waals surface area contributed by atoms with Crippen LogP contribution < -0.4 is 0 Å². The fourth-order valence-electron chi connectivity index (χ4n) is 2.29. The summed E-state index contributed by atoms with van der Waals surface area (Å²) in [5.74, 6) is 0.0617. The minimum atomic E-state index is 0.0617. The minimum Gasteiger partial charge on any atom is -0.289 e. The Bertz CT molecular complexity index is 681. The van der Waals surface area contributed by atoms with Gasteiger partial charge in [-0.25, -0.2) is 0 Å². The van der Waals surface area contributed by atoms with E-state index in [1.165, 1.54) is 0 Å². The van der Waals surface area contributed by atoms with E-state index in [0.29, 0.717) is 22.0 Å². The van der Waals surface area contributed by atoms with Crippen molar-refractivity contribution in [2.24, 2.45) is 0 Å². The van der Waals surface area contributed by atoms with E-state index in [0.717, 1.165) is 16.7 Å². The van der Waals surface area contributed by atoms with Gasteiger partial charge in [0.2, 0.25) is 0 Å². The first-order valence-electron chi connectivity index (χ1n) is 5.94.